The Morgan fingerprint density at radius 1 is 1.39 bits per heavy atom. The fourth-order valence-electron chi connectivity index (χ4n) is 2.17. The third kappa shape index (κ3) is 2.38. The van der Waals surface area contributed by atoms with Gasteiger partial charge in [0.1, 0.15) is 5.56 Å². The van der Waals surface area contributed by atoms with Crippen molar-refractivity contribution in [3.8, 4) is 11.5 Å². The minimum Gasteiger partial charge on any atom is -0.504 e. The quantitative estimate of drug-likeness (QED) is 0.860. The summed E-state index contributed by atoms with van der Waals surface area (Å²) in [5.74, 6) is -1.000. The molecule has 1 atom stereocenters. The Kier molecular flexibility index (Phi) is 3.38. The summed E-state index contributed by atoms with van der Waals surface area (Å²) in [4.78, 5) is 0. The number of hydrogen-bond donors (Lipinski definition) is 2. The van der Waals surface area contributed by atoms with Crippen molar-refractivity contribution in [2.24, 2.45) is 0 Å². The number of phenols is 1. The molecule has 1 fully saturated rings. The summed E-state index contributed by atoms with van der Waals surface area (Å²) in [5.41, 5.74) is -0.556. The van der Waals surface area contributed by atoms with Gasteiger partial charge in [-0.3, -0.25) is 0 Å². The van der Waals surface area contributed by atoms with Gasteiger partial charge in [0.05, 0.1) is 7.11 Å². The van der Waals surface area contributed by atoms with Gasteiger partial charge in [0.15, 0.2) is 11.5 Å². The lowest BCUT2D eigenvalue weighted by Gasteiger charge is -2.17. The summed E-state index contributed by atoms with van der Waals surface area (Å²) in [5, 5.41) is 12.6. The minimum atomic E-state index is -4.59. The minimum absolute atomic E-state index is 0.111. The average Bonchev–Trinajstić information content (AvgIpc) is 2.81. The maximum atomic E-state index is 12.8. The Bertz CT molecular complexity index is 440. The van der Waals surface area contributed by atoms with E-state index in [2.05, 4.69) is 5.32 Å². The Hall–Kier alpha value is -1.43. The maximum Gasteiger partial charge on any atom is 0.420 e. The van der Waals surface area contributed by atoms with Crippen LogP contribution in [0.4, 0.5) is 13.2 Å². The topological polar surface area (TPSA) is 41.5 Å². The molecular formula is C12H14F3NO2. The molecule has 1 aliphatic heterocycles. The normalized spacial score (nSPS) is 20.1. The first-order valence-electron chi connectivity index (χ1n) is 5.65. The van der Waals surface area contributed by atoms with Gasteiger partial charge in [-0.05, 0) is 37.1 Å². The van der Waals surface area contributed by atoms with Crippen molar-refractivity contribution < 1.29 is 23.0 Å². The molecule has 0 amide bonds. The predicted molar refractivity (Wildman–Crippen MR) is 59.6 cm³/mol. The molecule has 6 heteroatoms. The fraction of sp³-hybridized carbons (Fsp3) is 0.500. The number of nitrogens with one attached hydrogen (secondary N) is 1. The lowest BCUT2D eigenvalue weighted by atomic mass is 10.0. The molecule has 3 nitrogen and oxygen atoms in total. The monoisotopic (exact) mass is 261 g/mol. The zero-order chi connectivity index (χ0) is 13.3. The summed E-state index contributed by atoms with van der Waals surface area (Å²) >= 11 is 0. The summed E-state index contributed by atoms with van der Waals surface area (Å²) < 4.78 is 43.2. The van der Waals surface area contributed by atoms with Crippen molar-refractivity contribution in [3.63, 3.8) is 0 Å². The standard InChI is InChI=1S/C12H14F3NO2/c1-18-10-6-7(9-3-2-4-16-9)5-8(11(10)17)12(13,14)15/h5-6,9,16-17H,2-4H2,1H3. The molecule has 18 heavy (non-hydrogen) atoms. The van der Waals surface area contributed by atoms with Gasteiger partial charge in [0.2, 0.25) is 0 Å². The van der Waals surface area contributed by atoms with Crippen molar-refractivity contribution in [3.05, 3.63) is 23.3 Å². The lowest BCUT2D eigenvalue weighted by molar-refractivity contribution is -0.139. The molecule has 1 aromatic carbocycles. The highest BCUT2D eigenvalue weighted by Gasteiger charge is 2.36. The second-order valence-corrected chi connectivity index (χ2v) is 4.27. The van der Waals surface area contributed by atoms with Gasteiger partial charge in [0.25, 0.3) is 0 Å². The maximum absolute atomic E-state index is 12.8. The zero-order valence-corrected chi connectivity index (χ0v) is 9.84. The van der Waals surface area contributed by atoms with Crippen LogP contribution >= 0.6 is 0 Å². The largest absolute Gasteiger partial charge is 0.504 e. The number of phenolic OH excluding ortho intramolecular Hbond substituents is 1. The Labute approximate surface area is 103 Å². The molecule has 1 aliphatic rings. The Morgan fingerprint density at radius 3 is 2.61 bits per heavy atom. The van der Waals surface area contributed by atoms with Gasteiger partial charge in [-0.1, -0.05) is 0 Å². The van der Waals surface area contributed by atoms with E-state index in [-0.39, 0.29) is 11.8 Å². The van der Waals surface area contributed by atoms with Gasteiger partial charge in [-0.15, -0.1) is 0 Å². The van der Waals surface area contributed by atoms with Crippen molar-refractivity contribution in [1.82, 2.24) is 5.32 Å². The number of halogens is 3. The molecule has 0 aliphatic carbocycles. The van der Waals surface area contributed by atoms with Crippen LogP contribution in [0.3, 0.4) is 0 Å². The number of alkyl halides is 3. The molecule has 2 rings (SSSR count). The van der Waals surface area contributed by atoms with E-state index < -0.39 is 17.5 Å². The van der Waals surface area contributed by atoms with Gasteiger partial charge >= 0.3 is 6.18 Å². The van der Waals surface area contributed by atoms with E-state index in [9.17, 15) is 18.3 Å². The molecule has 1 saturated heterocycles. The molecule has 0 aromatic heterocycles. The van der Waals surface area contributed by atoms with Gasteiger partial charge in [-0.25, -0.2) is 0 Å². The van der Waals surface area contributed by atoms with E-state index in [0.29, 0.717) is 5.56 Å². The molecule has 2 N–H and O–H groups in total. The molecule has 1 unspecified atom stereocenters. The van der Waals surface area contributed by atoms with E-state index in [0.717, 1.165) is 25.5 Å². The highest BCUT2D eigenvalue weighted by atomic mass is 19.4. The van der Waals surface area contributed by atoms with Crippen LogP contribution < -0.4 is 10.1 Å². The number of rotatable bonds is 2. The second-order valence-electron chi connectivity index (χ2n) is 4.27. The molecule has 1 heterocycles. The van der Waals surface area contributed by atoms with Crippen molar-refractivity contribution in [2.45, 2.75) is 25.1 Å². The zero-order valence-electron chi connectivity index (χ0n) is 9.84. The predicted octanol–water partition coefficient (Wildman–Crippen LogP) is 2.84. The van der Waals surface area contributed by atoms with Gasteiger partial charge in [0, 0.05) is 6.04 Å². The summed E-state index contributed by atoms with van der Waals surface area (Å²) in [6.07, 6.45) is -2.88. The highest BCUT2D eigenvalue weighted by molar-refractivity contribution is 5.50. The number of benzene rings is 1. The van der Waals surface area contributed by atoms with E-state index in [4.69, 9.17) is 4.74 Å². The molecular weight excluding hydrogens is 247 g/mol. The molecule has 100 valence electrons. The van der Waals surface area contributed by atoms with Crippen molar-refractivity contribution in [2.75, 3.05) is 13.7 Å². The molecule has 0 bridgehead atoms. The molecule has 1 aromatic rings. The smallest absolute Gasteiger partial charge is 0.420 e. The molecule has 0 radical (unpaired) electrons. The SMILES string of the molecule is COc1cc(C2CCCN2)cc(C(F)(F)F)c1O. The fourth-order valence-corrected chi connectivity index (χ4v) is 2.17. The molecule has 0 spiro atoms. The van der Waals surface area contributed by atoms with Crippen LogP contribution in [-0.4, -0.2) is 18.8 Å². The van der Waals surface area contributed by atoms with E-state index in [1.165, 1.54) is 13.2 Å². The van der Waals surface area contributed by atoms with E-state index in [1.807, 2.05) is 0 Å². The lowest BCUT2D eigenvalue weighted by Crippen LogP contribution is -2.15. The summed E-state index contributed by atoms with van der Waals surface area (Å²) in [6.45, 7) is 0.787. The van der Waals surface area contributed by atoms with Crippen LogP contribution in [0.25, 0.3) is 0 Å². The first kappa shape index (κ1) is 13.0. The van der Waals surface area contributed by atoms with Crippen LogP contribution in [0.15, 0.2) is 12.1 Å². The second kappa shape index (κ2) is 4.68. The average molecular weight is 261 g/mol. The van der Waals surface area contributed by atoms with Gasteiger partial charge in [-0.2, -0.15) is 13.2 Å². The Morgan fingerprint density at radius 2 is 2.11 bits per heavy atom. The third-order valence-electron chi connectivity index (χ3n) is 3.09. The van der Waals surface area contributed by atoms with Crippen LogP contribution in [-0.2, 0) is 6.18 Å². The van der Waals surface area contributed by atoms with Crippen LogP contribution in [0.2, 0.25) is 0 Å². The molecule has 0 saturated carbocycles. The number of methoxy groups -OCH3 is 1. The first-order chi connectivity index (χ1) is 8.43. The highest BCUT2D eigenvalue weighted by Crippen LogP contribution is 2.43. The van der Waals surface area contributed by atoms with Crippen LogP contribution in [0.5, 0.6) is 11.5 Å². The van der Waals surface area contributed by atoms with Crippen LogP contribution in [0, 0.1) is 0 Å². The summed E-state index contributed by atoms with van der Waals surface area (Å²) in [7, 11) is 1.24. The van der Waals surface area contributed by atoms with Gasteiger partial charge < -0.3 is 15.2 Å². The third-order valence-corrected chi connectivity index (χ3v) is 3.09. The number of hydrogen-bond acceptors (Lipinski definition) is 3. The van der Waals surface area contributed by atoms with Crippen molar-refractivity contribution >= 4 is 0 Å². The Balaban J connectivity index is 2.48. The number of aromatic hydroxyl groups is 1. The van der Waals surface area contributed by atoms with Crippen LogP contribution in [0.1, 0.15) is 30.0 Å². The van der Waals surface area contributed by atoms with E-state index >= 15 is 0 Å². The summed E-state index contributed by atoms with van der Waals surface area (Å²) in [6, 6.07) is 2.33. The number of ether oxygens (including phenoxy) is 1. The van der Waals surface area contributed by atoms with E-state index in [1.54, 1.807) is 0 Å². The van der Waals surface area contributed by atoms with Crippen molar-refractivity contribution in [1.29, 1.82) is 0 Å². The first-order valence-corrected chi connectivity index (χ1v) is 5.65.